The zero-order chi connectivity index (χ0) is 22.1. The highest BCUT2D eigenvalue weighted by molar-refractivity contribution is 7.92. The molecule has 1 atom stereocenters. The van der Waals surface area contributed by atoms with E-state index in [-0.39, 0.29) is 10.6 Å². The first-order valence-electron chi connectivity index (χ1n) is 9.49. The van der Waals surface area contributed by atoms with Crippen LogP contribution in [0.25, 0.3) is 0 Å². The maximum Gasteiger partial charge on any atom is 0.264 e. The van der Waals surface area contributed by atoms with Crippen molar-refractivity contribution in [3.05, 3.63) is 94.0 Å². The summed E-state index contributed by atoms with van der Waals surface area (Å²) in [6.45, 7) is 5.58. The van der Waals surface area contributed by atoms with E-state index in [1.54, 1.807) is 6.92 Å². The maximum absolute atomic E-state index is 14.8. The zero-order valence-corrected chi connectivity index (χ0v) is 18.4. The topological polar surface area (TPSA) is 37.4 Å². The fraction of sp³-hybridized carbons (Fsp3) is 0.217. The quantitative estimate of drug-likeness (QED) is 0.434. The van der Waals surface area contributed by atoms with Gasteiger partial charge in [-0.15, -0.1) is 0 Å². The van der Waals surface area contributed by atoms with E-state index in [0.717, 1.165) is 39.2 Å². The van der Waals surface area contributed by atoms with Gasteiger partial charge in [0.2, 0.25) is 0 Å². The first kappa shape index (κ1) is 22.2. The second kappa shape index (κ2) is 8.74. The van der Waals surface area contributed by atoms with E-state index in [4.69, 9.17) is 11.6 Å². The van der Waals surface area contributed by atoms with Crippen LogP contribution in [0.2, 0.25) is 5.02 Å². The predicted octanol–water partition coefficient (Wildman–Crippen LogP) is 6.45. The Morgan fingerprint density at radius 3 is 2.30 bits per heavy atom. The van der Waals surface area contributed by atoms with E-state index < -0.39 is 27.7 Å². The number of sulfonamides is 1. The van der Waals surface area contributed by atoms with Gasteiger partial charge in [0, 0.05) is 11.1 Å². The normalized spacial score (nSPS) is 12.6. The van der Waals surface area contributed by atoms with E-state index in [2.05, 4.69) is 0 Å². The average Bonchev–Trinajstić information content (AvgIpc) is 2.70. The van der Waals surface area contributed by atoms with Crippen molar-refractivity contribution in [2.24, 2.45) is 0 Å². The van der Waals surface area contributed by atoms with Crippen molar-refractivity contribution in [3.8, 4) is 0 Å². The number of benzene rings is 3. The van der Waals surface area contributed by atoms with E-state index in [1.807, 2.05) is 32.0 Å². The van der Waals surface area contributed by atoms with E-state index in [1.165, 1.54) is 24.3 Å². The Kier molecular flexibility index (Phi) is 6.48. The molecule has 3 rings (SSSR count). The van der Waals surface area contributed by atoms with Crippen molar-refractivity contribution in [1.82, 2.24) is 0 Å². The van der Waals surface area contributed by atoms with Crippen LogP contribution >= 0.6 is 11.6 Å². The Morgan fingerprint density at radius 1 is 1.00 bits per heavy atom. The molecule has 3 aromatic carbocycles. The number of nitrogens with zero attached hydrogens (tertiary/aromatic N) is 1. The summed E-state index contributed by atoms with van der Waals surface area (Å²) in [7, 11) is -4.22. The van der Waals surface area contributed by atoms with Crippen molar-refractivity contribution < 1.29 is 17.2 Å². The molecule has 0 fully saturated rings. The average molecular weight is 450 g/mol. The van der Waals surface area contributed by atoms with E-state index in [0.29, 0.717) is 11.4 Å². The number of rotatable bonds is 6. The molecular formula is C23H22ClF2NO2S. The van der Waals surface area contributed by atoms with Gasteiger partial charge in [-0.2, -0.15) is 0 Å². The molecule has 0 bridgehead atoms. The Labute approximate surface area is 181 Å². The summed E-state index contributed by atoms with van der Waals surface area (Å²) in [5, 5.41) is 0.372. The lowest BCUT2D eigenvalue weighted by molar-refractivity contribution is 0.570. The molecule has 0 radical (unpaired) electrons. The van der Waals surface area contributed by atoms with Crippen LogP contribution in [-0.4, -0.2) is 8.42 Å². The van der Waals surface area contributed by atoms with Crippen molar-refractivity contribution in [3.63, 3.8) is 0 Å². The van der Waals surface area contributed by atoms with Gasteiger partial charge >= 0.3 is 0 Å². The van der Waals surface area contributed by atoms with Crippen molar-refractivity contribution in [2.75, 3.05) is 4.31 Å². The number of halogens is 3. The van der Waals surface area contributed by atoms with Crippen LogP contribution in [0.4, 0.5) is 14.5 Å². The van der Waals surface area contributed by atoms with Crippen LogP contribution < -0.4 is 4.31 Å². The Hall–Kier alpha value is -2.44. The van der Waals surface area contributed by atoms with Gasteiger partial charge in [-0.1, -0.05) is 42.3 Å². The Morgan fingerprint density at radius 2 is 1.67 bits per heavy atom. The fourth-order valence-electron chi connectivity index (χ4n) is 3.50. The van der Waals surface area contributed by atoms with E-state index in [9.17, 15) is 17.2 Å². The number of aryl methyl sites for hydroxylation is 2. The van der Waals surface area contributed by atoms with Gasteiger partial charge in [0.05, 0.1) is 16.6 Å². The van der Waals surface area contributed by atoms with Gasteiger partial charge in [0.1, 0.15) is 11.6 Å². The summed E-state index contributed by atoms with van der Waals surface area (Å²) in [5.41, 5.74) is 2.35. The monoisotopic (exact) mass is 449 g/mol. The number of hydrogen-bond donors (Lipinski definition) is 0. The molecule has 0 spiro atoms. The lowest BCUT2D eigenvalue weighted by Gasteiger charge is -2.32. The fourth-order valence-corrected chi connectivity index (χ4v) is 5.26. The minimum atomic E-state index is -4.22. The van der Waals surface area contributed by atoms with Crippen LogP contribution in [0.5, 0.6) is 0 Å². The van der Waals surface area contributed by atoms with Gasteiger partial charge in [-0.25, -0.2) is 17.2 Å². The molecule has 0 aliphatic rings. The Bertz CT molecular complexity index is 1160. The van der Waals surface area contributed by atoms with Crippen molar-refractivity contribution in [1.29, 1.82) is 0 Å². The molecule has 0 N–H and O–H groups in total. The lowest BCUT2D eigenvalue weighted by Crippen LogP contribution is -2.35. The third-order valence-electron chi connectivity index (χ3n) is 5.00. The minimum absolute atomic E-state index is 0.0624. The summed E-state index contributed by atoms with van der Waals surface area (Å²) in [4.78, 5) is -0.0624. The molecule has 3 aromatic rings. The van der Waals surface area contributed by atoms with Crippen LogP contribution in [0, 0.1) is 18.6 Å². The lowest BCUT2D eigenvalue weighted by atomic mass is 9.97. The predicted molar refractivity (Wildman–Crippen MR) is 116 cm³/mol. The smallest absolute Gasteiger partial charge is 0.256 e. The van der Waals surface area contributed by atoms with Crippen LogP contribution in [0.1, 0.15) is 36.6 Å². The molecule has 7 heteroatoms. The first-order chi connectivity index (χ1) is 14.1. The van der Waals surface area contributed by atoms with Gasteiger partial charge in [0.15, 0.2) is 0 Å². The van der Waals surface area contributed by atoms with Gasteiger partial charge in [0.25, 0.3) is 10.0 Å². The van der Waals surface area contributed by atoms with E-state index >= 15 is 0 Å². The zero-order valence-electron chi connectivity index (χ0n) is 16.9. The second-order valence-corrected chi connectivity index (χ2v) is 9.33. The van der Waals surface area contributed by atoms with Crippen molar-refractivity contribution in [2.45, 2.75) is 38.1 Å². The van der Waals surface area contributed by atoms with Gasteiger partial charge in [-0.05, 0) is 67.8 Å². The molecule has 0 heterocycles. The molecule has 3 nitrogen and oxygen atoms in total. The van der Waals surface area contributed by atoms with Crippen LogP contribution in [0.3, 0.4) is 0 Å². The van der Waals surface area contributed by atoms with Crippen molar-refractivity contribution >= 4 is 27.3 Å². The summed E-state index contributed by atoms with van der Waals surface area (Å²) >= 11 is 5.90. The third kappa shape index (κ3) is 4.35. The summed E-state index contributed by atoms with van der Waals surface area (Å²) in [6.07, 6.45) is 0.668. The molecule has 0 aliphatic heterocycles. The van der Waals surface area contributed by atoms with Gasteiger partial charge in [-0.3, -0.25) is 4.31 Å². The molecule has 0 saturated carbocycles. The summed E-state index contributed by atoms with van der Waals surface area (Å²) in [5.74, 6) is -1.56. The first-order valence-corrected chi connectivity index (χ1v) is 11.3. The largest absolute Gasteiger partial charge is 0.264 e. The summed E-state index contributed by atoms with van der Waals surface area (Å²) in [6, 6.07) is 13.3. The molecule has 158 valence electrons. The van der Waals surface area contributed by atoms with Gasteiger partial charge < -0.3 is 0 Å². The Balaban J connectivity index is 2.25. The number of anilines is 1. The molecule has 0 saturated heterocycles. The third-order valence-corrected chi connectivity index (χ3v) is 7.15. The standard InChI is InChI=1S/C23H22ClF2NO2S/c1-4-17-13-15(2)5-11-21(17)16(3)27(23-14-19(25)8-12-22(23)26)30(28,29)20-9-6-18(24)7-10-20/h5-14,16H,4H2,1-3H3. The minimum Gasteiger partial charge on any atom is -0.256 e. The molecule has 1 unspecified atom stereocenters. The highest BCUT2D eigenvalue weighted by Crippen LogP contribution is 2.37. The SMILES string of the molecule is CCc1cc(C)ccc1C(C)N(c1cc(F)ccc1F)S(=O)(=O)c1ccc(Cl)cc1. The summed E-state index contributed by atoms with van der Waals surface area (Å²) < 4.78 is 56.9. The molecular weight excluding hydrogens is 428 g/mol. The van der Waals surface area contributed by atoms with Crippen LogP contribution in [-0.2, 0) is 16.4 Å². The highest BCUT2D eigenvalue weighted by Gasteiger charge is 2.33. The molecule has 0 aliphatic carbocycles. The van der Waals surface area contributed by atoms with Crippen LogP contribution in [0.15, 0.2) is 65.6 Å². The second-order valence-electron chi connectivity index (χ2n) is 7.08. The highest BCUT2D eigenvalue weighted by atomic mass is 35.5. The molecule has 0 aromatic heterocycles. The molecule has 30 heavy (non-hydrogen) atoms. The number of hydrogen-bond acceptors (Lipinski definition) is 2. The molecule has 0 amide bonds. The maximum atomic E-state index is 14.8.